The number of nitrogens with zero attached hydrogens (tertiary/aromatic N) is 2. The summed E-state index contributed by atoms with van der Waals surface area (Å²) in [5, 5.41) is 0. The predicted molar refractivity (Wildman–Crippen MR) is 68.1 cm³/mol. The van der Waals surface area contributed by atoms with Crippen LogP contribution in [0.2, 0.25) is 0 Å². The van der Waals surface area contributed by atoms with E-state index in [0.29, 0.717) is 6.54 Å². The van der Waals surface area contributed by atoms with Crippen molar-refractivity contribution in [2.75, 3.05) is 13.1 Å². The smallest absolute Gasteiger partial charge is 0.0312 e. The van der Waals surface area contributed by atoms with E-state index in [1.807, 2.05) is 18.5 Å². The van der Waals surface area contributed by atoms with Crippen molar-refractivity contribution in [2.24, 2.45) is 5.73 Å². The first kappa shape index (κ1) is 13.1. The van der Waals surface area contributed by atoms with Crippen LogP contribution in [0.5, 0.6) is 0 Å². The molecule has 1 aromatic rings. The summed E-state index contributed by atoms with van der Waals surface area (Å²) >= 11 is 0. The predicted octanol–water partition coefficient (Wildman–Crippen LogP) is 2.03. The minimum absolute atomic E-state index is 0.0879. The molecule has 16 heavy (non-hydrogen) atoms. The monoisotopic (exact) mass is 221 g/mol. The summed E-state index contributed by atoms with van der Waals surface area (Å²) in [5.74, 6) is 0. The summed E-state index contributed by atoms with van der Waals surface area (Å²) in [5.41, 5.74) is 7.23. The zero-order chi connectivity index (χ0) is 12.0. The summed E-state index contributed by atoms with van der Waals surface area (Å²) in [6.45, 7) is 9.23. The van der Waals surface area contributed by atoms with Crippen LogP contribution in [0.15, 0.2) is 24.5 Å². The second-order valence-corrected chi connectivity index (χ2v) is 4.43. The highest BCUT2D eigenvalue weighted by Gasteiger charge is 2.27. The number of aromatic nitrogens is 1. The molecule has 0 aliphatic heterocycles. The van der Waals surface area contributed by atoms with Gasteiger partial charge in [-0.05, 0) is 31.5 Å². The first-order valence-electron chi connectivity index (χ1n) is 6.00. The number of nitrogens with two attached hydrogens (primary N) is 1. The number of pyridine rings is 1. The molecule has 0 saturated carbocycles. The molecular weight excluding hydrogens is 198 g/mol. The molecule has 0 amide bonds. The minimum atomic E-state index is 0.0879. The van der Waals surface area contributed by atoms with Crippen molar-refractivity contribution in [1.82, 2.24) is 9.88 Å². The fraction of sp³-hybridized carbons (Fsp3) is 0.615. The van der Waals surface area contributed by atoms with Gasteiger partial charge in [0.05, 0.1) is 0 Å². The third kappa shape index (κ3) is 3.03. The van der Waals surface area contributed by atoms with Crippen LogP contribution >= 0.6 is 0 Å². The molecule has 0 saturated heterocycles. The molecule has 3 nitrogen and oxygen atoms in total. The van der Waals surface area contributed by atoms with Crippen LogP contribution in [0.3, 0.4) is 0 Å². The Bertz CT molecular complexity index is 293. The van der Waals surface area contributed by atoms with Crippen molar-refractivity contribution in [3.8, 4) is 0 Å². The van der Waals surface area contributed by atoms with Gasteiger partial charge in [0.1, 0.15) is 0 Å². The third-order valence-electron chi connectivity index (χ3n) is 3.44. The molecule has 1 heterocycles. The Labute approximate surface area is 98.7 Å². The van der Waals surface area contributed by atoms with Gasteiger partial charge in [-0.1, -0.05) is 19.9 Å². The van der Waals surface area contributed by atoms with Gasteiger partial charge in [-0.25, -0.2) is 0 Å². The largest absolute Gasteiger partial charge is 0.329 e. The molecule has 0 radical (unpaired) electrons. The van der Waals surface area contributed by atoms with Crippen LogP contribution in [0.4, 0.5) is 0 Å². The minimum Gasteiger partial charge on any atom is -0.329 e. The molecule has 0 fully saturated rings. The lowest BCUT2D eigenvalue weighted by atomic mass is 9.96. The molecule has 90 valence electrons. The highest BCUT2D eigenvalue weighted by Crippen LogP contribution is 2.20. The highest BCUT2D eigenvalue weighted by atomic mass is 15.2. The molecule has 1 aromatic heterocycles. The van der Waals surface area contributed by atoms with Crippen LogP contribution in [-0.4, -0.2) is 28.5 Å². The van der Waals surface area contributed by atoms with Gasteiger partial charge in [0, 0.05) is 31.0 Å². The zero-order valence-electron chi connectivity index (χ0n) is 10.6. The first-order chi connectivity index (χ1) is 7.66. The Morgan fingerprint density at radius 2 is 2.19 bits per heavy atom. The van der Waals surface area contributed by atoms with Crippen LogP contribution in [0.1, 0.15) is 32.8 Å². The lowest BCUT2D eigenvalue weighted by molar-refractivity contribution is 0.104. The second-order valence-electron chi connectivity index (χ2n) is 4.43. The van der Waals surface area contributed by atoms with Gasteiger partial charge in [-0.3, -0.25) is 9.88 Å². The highest BCUT2D eigenvalue weighted by molar-refractivity contribution is 5.09. The molecular formula is C13H23N3. The Morgan fingerprint density at radius 3 is 2.62 bits per heavy atom. The van der Waals surface area contributed by atoms with E-state index in [1.165, 1.54) is 5.56 Å². The Balaban J connectivity index is 2.76. The average molecular weight is 221 g/mol. The van der Waals surface area contributed by atoms with Crippen LogP contribution in [0, 0.1) is 0 Å². The molecule has 0 aliphatic carbocycles. The van der Waals surface area contributed by atoms with E-state index in [4.69, 9.17) is 5.73 Å². The van der Waals surface area contributed by atoms with Crippen molar-refractivity contribution in [3.63, 3.8) is 0 Å². The molecule has 0 aliphatic rings. The van der Waals surface area contributed by atoms with Crippen molar-refractivity contribution in [3.05, 3.63) is 30.1 Å². The normalized spacial score (nSPS) is 15.1. The number of rotatable bonds is 6. The van der Waals surface area contributed by atoms with Gasteiger partial charge < -0.3 is 5.73 Å². The van der Waals surface area contributed by atoms with E-state index in [2.05, 4.69) is 36.7 Å². The summed E-state index contributed by atoms with van der Waals surface area (Å²) in [6.07, 6.45) is 4.80. The Hall–Kier alpha value is -0.930. The SMILES string of the molecule is CCN(Cc1cccnc1)C(C)(CC)CN. The fourth-order valence-corrected chi connectivity index (χ4v) is 1.89. The van der Waals surface area contributed by atoms with E-state index in [0.717, 1.165) is 19.5 Å². The lowest BCUT2D eigenvalue weighted by Gasteiger charge is -2.39. The van der Waals surface area contributed by atoms with E-state index in [1.54, 1.807) is 0 Å². The molecule has 1 atom stereocenters. The van der Waals surface area contributed by atoms with Gasteiger partial charge >= 0.3 is 0 Å². The lowest BCUT2D eigenvalue weighted by Crippen LogP contribution is -2.50. The molecule has 1 rings (SSSR count). The van der Waals surface area contributed by atoms with Gasteiger partial charge in [0.25, 0.3) is 0 Å². The van der Waals surface area contributed by atoms with E-state index >= 15 is 0 Å². The molecule has 0 spiro atoms. The zero-order valence-corrected chi connectivity index (χ0v) is 10.6. The summed E-state index contributed by atoms with van der Waals surface area (Å²) in [7, 11) is 0. The van der Waals surface area contributed by atoms with Crippen molar-refractivity contribution in [2.45, 2.75) is 39.3 Å². The molecule has 3 heteroatoms. The van der Waals surface area contributed by atoms with Crippen LogP contribution in [0.25, 0.3) is 0 Å². The molecule has 2 N–H and O–H groups in total. The summed E-state index contributed by atoms with van der Waals surface area (Å²) in [4.78, 5) is 6.57. The van der Waals surface area contributed by atoms with Gasteiger partial charge in [-0.2, -0.15) is 0 Å². The standard InChI is InChI=1S/C13H23N3/c1-4-13(3,11-14)16(5-2)10-12-7-6-8-15-9-12/h6-9H,4-5,10-11,14H2,1-3H3. The van der Waals surface area contributed by atoms with Gasteiger partial charge in [0.2, 0.25) is 0 Å². The Kier molecular flexibility index (Phi) is 4.90. The molecule has 1 unspecified atom stereocenters. The van der Waals surface area contributed by atoms with Crippen LogP contribution in [-0.2, 0) is 6.54 Å². The topological polar surface area (TPSA) is 42.2 Å². The molecule has 0 aromatic carbocycles. The van der Waals surface area contributed by atoms with Gasteiger partial charge in [0.15, 0.2) is 0 Å². The maximum atomic E-state index is 5.89. The number of hydrogen-bond acceptors (Lipinski definition) is 3. The van der Waals surface area contributed by atoms with E-state index in [9.17, 15) is 0 Å². The van der Waals surface area contributed by atoms with Crippen molar-refractivity contribution >= 4 is 0 Å². The summed E-state index contributed by atoms with van der Waals surface area (Å²) in [6, 6.07) is 4.09. The number of hydrogen-bond donors (Lipinski definition) is 1. The first-order valence-corrected chi connectivity index (χ1v) is 6.00. The maximum Gasteiger partial charge on any atom is 0.0312 e. The Morgan fingerprint density at radius 1 is 1.44 bits per heavy atom. The van der Waals surface area contributed by atoms with Crippen molar-refractivity contribution < 1.29 is 0 Å². The molecule has 0 bridgehead atoms. The quantitative estimate of drug-likeness (QED) is 0.799. The van der Waals surface area contributed by atoms with Crippen LogP contribution < -0.4 is 5.73 Å². The third-order valence-corrected chi connectivity index (χ3v) is 3.44. The fourth-order valence-electron chi connectivity index (χ4n) is 1.89. The maximum absolute atomic E-state index is 5.89. The van der Waals surface area contributed by atoms with Gasteiger partial charge in [-0.15, -0.1) is 0 Å². The average Bonchev–Trinajstić information content (AvgIpc) is 2.36. The van der Waals surface area contributed by atoms with Crippen molar-refractivity contribution in [1.29, 1.82) is 0 Å². The van der Waals surface area contributed by atoms with E-state index in [-0.39, 0.29) is 5.54 Å². The number of likely N-dealkylation sites (N-methyl/N-ethyl adjacent to an activating group) is 1. The van der Waals surface area contributed by atoms with E-state index < -0.39 is 0 Å². The summed E-state index contributed by atoms with van der Waals surface area (Å²) < 4.78 is 0. The second kappa shape index (κ2) is 5.97.